The predicted octanol–water partition coefficient (Wildman–Crippen LogP) is 2.77. The van der Waals surface area contributed by atoms with E-state index in [1.165, 1.54) is 0 Å². The van der Waals surface area contributed by atoms with Crippen LogP contribution in [0.4, 0.5) is 5.69 Å². The number of nitrogen functional groups attached to an aromatic ring is 1. The Hall–Kier alpha value is -2.69. The average Bonchev–Trinajstić information content (AvgIpc) is 2.53. The van der Waals surface area contributed by atoms with Crippen LogP contribution in [0.1, 0.15) is 21.5 Å². The number of carboxylic acid groups (broad SMARTS) is 1. The third-order valence-electron chi connectivity index (χ3n) is 3.52. The zero-order valence-electron chi connectivity index (χ0n) is 12.6. The van der Waals surface area contributed by atoms with Gasteiger partial charge in [0.1, 0.15) is 11.5 Å². The Bertz CT molecular complexity index is 682. The van der Waals surface area contributed by atoms with Gasteiger partial charge in [0.05, 0.1) is 19.8 Å². The van der Waals surface area contributed by atoms with Crippen molar-refractivity contribution in [1.82, 2.24) is 0 Å². The van der Waals surface area contributed by atoms with E-state index < -0.39 is 5.97 Å². The highest BCUT2D eigenvalue weighted by Gasteiger charge is 2.10. The smallest absolute Gasteiger partial charge is 0.337 e. The molecule has 2 aromatic carbocycles. The average molecular weight is 301 g/mol. The van der Waals surface area contributed by atoms with Crippen LogP contribution < -0.4 is 15.2 Å². The number of aromatic carboxylic acids is 1. The molecule has 0 saturated heterocycles. The van der Waals surface area contributed by atoms with Crippen LogP contribution in [-0.2, 0) is 12.8 Å². The van der Waals surface area contributed by atoms with Crippen LogP contribution >= 0.6 is 0 Å². The van der Waals surface area contributed by atoms with Crippen LogP contribution in [0.5, 0.6) is 11.5 Å². The third-order valence-corrected chi connectivity index (χ3v) is 3.52. The fraction of sp³-hybridized carbons (Fsp3) is 0.235. The molecule has 3 N–H and O–H groups in total. The maximum Gasteiger partial charge on any atom is 0.337 e. The Morgan fingerprint density at radius 1 is 1.09 bits per heavy atom. The normalized spacial score (nSPS) is 10.3. The molecule has 0 unspecified atom stereocenters. The van der Waals surface area contributed by atoms with Gasteiger partial charge in [-0.05, 0) is 54.3 Å². The molecule has 0 aliphatic heterocycles. The second-order valence-electron chi connectivity index (χ2n) is 4.90. The molecule has 5 nitrogen and oxygen atoms in total. The van der Waals surface area contributed by atoms with E-state index in [0.717, 1.165) is 22.6 Å². The van der Waals surface area contributed by atoms with E-state index >= 15 is 0 Å². The second kappa shape index (κ2) is 6.85. The summed E-state index contributed by atoms with van der Waals surface area (Å²) in [6.07, 6.45) is 1.40. The molecular formula is C17H19NO4. The number of ether oxygens (including phenoxy) is 2. The van der Waals surface area contributed by atoms with Gasteiger partial charge >= 0.3 is 5.97 Å². The maximum absolute atomic E-state index is 11.1. The number of methoxy groups -OCH3 is 2. The summed E-state index contributed by atoms with van der Waals surface area (Å²) >= 11 is 0. The fourth-order valence-corrected chi connectivity index (χ4v) is 2.30. The molecule has 0 atom stereocenters. The number of aryl methyl sites for hydroxylation is 2. The van der Waals surface area contributed by atoms with E-state index in [1.54, 1.807) is 26.4 Å². The van der Waals surface area contributed by atoms with Crippen LogP contribution in [0.2, 0.25) is 0 Å². The van der Waals surface area contributed by atoms with Crippen molar-refractivity contribution in [3.8, 4) is 11.5 Å². The largest absolute Gasteiger partial charge is 0.497 e. The van der Waals surface area contributed by atoms with Crippen molar-refractivity contribution in [3.63, 3.8) is 0 Å². The van der Waals surface area contributed by atoms with Crippen LogP contribution in [0, 0.1) is 0 Å². The van der Waals surface area contributed by atoms with Gasteiger partial charge in [0.2, 0.25) is 0 Å². The minimum absolute atomic E-state index is 0.134. The van der Waals surface area contributed by atoms with Crippen molar-refractivity contribution in [2.45, 2.75) is 12.8 Å². The standard InChI is InChI=1S/C17H19NO4/c1-21-13-6-8-16(22-2)12(10-13)5-3-11-4-7-15(18)14(9-11)17(19)20/h4,6-10H,3,5,18H2,1-2H3,(H,19,20). The van der Waals surface area contributed by atoms with Crippen molar-refractivity contribution < 1.29 is 19.4 Å². The highest BCUT2D eigenvalue weighted by Crippen LogP contribution is 2.25. The molecule has 0 amide bonds. The highest BCUT2D eigenvalue weighted by atomic mass is 16.5. The lowest BCUT2D eigenvalue weighted by Gasteiger charge is -2.11. The number of carbonyl (C=O) groups is 1. The highest BCUT2D eigenvalue weighted by molar-refractivity contribution is 5.93. The van der Waals surface area contributed by atoms with Crippen LogP contribution in [-0.4, -0.2) is 25.3 Å². The Kier molecular flexibility index (Phi) is 4.88. The van der Waals surface area contributed by atoms with Crippen LogP contribution in [0.3, 0.4) is 0 Å². The van der Waals surface area contributed by atoms with Gasteiger partial charge in [0.25, 0.3) is 0 Å². The molecule has 0 bridgehead atoms. The SMILES string of the molecule is COc1ccc(OC)c(CCc2ccc(N)c(C(=O)O)c2)c1. The molecule has 0 aliphatic carbocycles. The fourth-order valence-electron chi connectivity index (χ4n) is 2.30. The first-order valence-electron chi connectivity index (χ1n) is 6.87. The molecule has 22 heavy (non-hydrogen) atoms. The maximum atomic E-state index is 11.1. The van der Waals surface area contributed by atoms with E-state index in [-0.39, 0.29) is 11.3 Å². The molecule has 116 valence electrons. The molecule has 0 heterocycles. The summed E-state index contributed by atoms with van der Waals surface area (Å²) in [7, 11) is 3.24. The summed E-state index contributed by atoms with van der Waals surface area (Å²) < 4.78 is 10.6. The molecule has 5 heteroatoms. The first-order chi connectivity index (χ1) is 10.5. The number of hydrogen-bond donors (Lipinski definition) is 2. The zero-order valence-corrected chi connectivity index (χ0v) is 12.6. The number of rotatable bonds is 6. The first-order valence-corrected chi connectivity index (χ1v) is 6.87. The van der Waals surface area contributed by atoms with Crippen LogP contribution in [0.25, 0.3) is 0 Å². The van der Waals surface area contributed by atoms with E-state index in [9.17, 15) is 4.79 Å². The van der Waals surface area contributed by atoms with E-state index in [0.29, 0.717) is 12.8 Å². The van der Waals surface area contributed by atoms with Crippen molar-refractivity contribution >= 4 is 11.7 Å². The van der Waals surface area contributed by atoms with Gasteiger partial charge in [0.15, 0.2) is 0 Å². The second-order valence-corrected chi connectivity index (χ2v) is 4.90. The molecule has 2 rings (SSSR count). The van der Waals surface area contributed by atoms with Gasteiger partial charge < -0.3 is 20.3 Å². The van der Waals surface area contributed by atoms with E-state index in [2.05, 4.69) is 0 Å². The Morgan fingerprint density at radius 2 is 1.86 bits per heavy atom. The van der Waals surface area contributed by atoms with Gasteiger partial charge in [-0.1, -0.05) is 6.07 Å². The van der Waals surface area contributed by atoms with Gasteiger partial charge in [-0.2, -0.15) is 0 Å². The molecule has 0 fully saturated rings. The number of anilines is 1. The van der Waals surface area contributed by atoms with Crippen molar-refractivity contribution in [2.24, 2.45) is 0 Å². The topological polar surface area (TPSA) is 81.8 Å². The Balaban J connectivity index is 2.19. The first kappa shape index (κ1) is 15.7. The number of nitrogens with two attached hydrogens (primary N) is 1. The monoisotopic (exact) mass is 301 g/mol. The number of carboxylic acids is 1. The summed E-state index contributed by atoms with van der Waals surface area (Å²) in [4.78, 5) is 11.1. The summed E-state index contributed by atoms with van der Waals surface area (Å²) in [6.45, 7) is 0. The number of hydrogen-bond acceptors (Lipinski definition) is 4. The lowest BCUT2D eigenvalue weighted by Crippen LogP contribution is -2.04. The lowest BCUT2D eigenvalue weighted by molar-refractivity contribution is 0.0698. The van der Waals surface area contributed by atoms with E-state index in [1.807, 2.05) is 24.3 Å². The molecule has 0 radical (unpaired) electrons. The molecule has 2 aromatic rings. The Morgan fingerprint density at radius 3 is 2.50 bits per heavy atom. The minimum Gasteiger partial charge on any atom is -0.497 e. The summed E-state index contributed by atoms with van der Waals surface area (Å²) in [5, 5.41) is 9.11. The van der Waals surface area contributed by atoms with Crippen molar-refractivity contribution in [2.75, 3.05) is 20.0 Å². The third kappa shape index (κ3) is 3.49. The molecule has 0 saturated carbocycles. The molecular weight excluding hydrogens is 282 g/mol. The predicted molar refractivity (Wildman–Crippen MR) is 84.8 cm³/mol. The Labute approximate surface area is 129 Å². The molecule has 0 aromatic heterocycles. The molecule has 0 spiro atoms. The lowest BCUT2D eigenvalue weighted by atomic mass is 10.0. The van der Waals surface area contributed by atoms with Gasteiger partial charge in [-0.25, -0.2) is 4.79 Å². The van der Waals surface area contributed by atoms with Gasteiger partial charge in [-0.15, -0.1) is 0 Å². The van der Waals surface area contributed by atoms with Gasteiger partial charge in [0, 0.05) is 5.69 Å². The summed E-state index contributed by atoms with van der Waals surface area (Å²) in [5.74, 6) is 0.535. The van der Waals surface area contributed by atoms with Crippen molar-refractivity contribution in [1.29, 1.82) is 0 Å². The number of benzene rings is 2. The minimum atomic E-state index is -1.02. The van der Waals surface area contributed by atoms with Gasteiger partial charge in [-0.3, -0.25) is 0 Å². The summed E-state index contributed by atoms with van der Waals surface area (Å²) in [6, 6.07) is 10.7. The zero-order chi connectivity index (χ0) is 16.1. The molecule has 0 aliphatic rings. The van der Waals surface area contributed by atoms with Crippen molar-refractivity contribution in [3.05, 3.63) is 53.1 Å². The quantitative estimate of drug-likeness (QED) is 0.802. The van der Waals surface area contributed by atoms with E-state index in [4.69, 9.17) is 20.3 Å². The summed E-state index contributed by atoms with van der Waals surface area (Å²) in [5.41, 5.74) is 7.99. The van der Waals surface area contributed by atoms with Crippen LogP contribution in [0.15, 0.2) is 36.4 Å².